The number of benzene rings is 3. The Morgan fingerprint density at radius 2 is 1.72 bits per heavy atom. The Morgan fingerprint density at radius 1 is 1.00 bits per heavy atom. The fourth-order valence-corrected chi connectivity index (χ4v) is 2.78. The summed E-state index contributed by atoms with van der Waals surface area (Å²) in [5, 5.41) is 3.28. The molecule has 4 heteroatoms. The third kappa shape index (κ3) is 4.40. The highest BCUT2D eigenvalue weighted by molar-refractivity contribution is 6.33. The minimum atomic E-state index is -0.256. The zero-order chi connectivity index (χ0) is 17.6. The monoisotopic (exact) mass is 351 g/mol. The van der Waals surface area contributed by atoms with Crippen LogP contribution >= 0.6 is 11.6 Å². The van der Waals surface area contributed by atoms with Gasteiger partial charge in [-0.25, -0.2) is 0 Å². The minimum absolute atomic E-state index is 0.0892. The molecule has 0 aliphatic rings. The number of carbonyl (C=O) groups excluding carboxylic acids is 1. The van der Waals surface area contributed by atoms with Crippen molar-refractivity contribution in [3.05, 3.63) is 83.4 Å². The number of amides is 1. The third-order valence-corrected chi connectivity index (χ3v) is 4.04. The van der Waals surface area contributed by atoms with E-state index in [0.29, 0.717) is 16.5 Å². The van der Waals surface area contributed by atoms with Gasteiger partial charge in [0.1, 0.15) is 5.75 Å². The lowest BCUT2D eigenvalue weighted by atomic mass is 10.1. The zero-order valence-electron chi connectivity index (χ0n) is 13.8. The highest BCUT2D eigenvalue weighted by Crippen LogP contribution is 2.29. The van der Waals surface area contributed by atoms with Crippen molar-refractivity contribution in [3.8, 4) is 16.9 Å². The molecule has 0 fully saturated rings. The molecular weight excluding hydrogens is 334 g/mol. The van der Waals surface area contributed by atoms with Gasteiger partial charge >= 0.3 is 0 Å². The van der Waals surface area contributed by atoms with Gasteiger partial charge < -0.3 is 10.1 Å². The molecule has 0 radical (unpaired) electrons. The molecule has 0 aliphatic heterocycles. The van der Waals surface area contributed by atoms with Gasteiger partial charge in [-0.3, -0.25) is 4.79 Å². The smallest absolute Gasteiger partial charge is 0.262 e. The first-order chi connectivity index (χ1) is 12.1. The van der Waals surface area contributed by atoms with Gasteiger partial charge in [-0.05, 0) is 36.2 Å². The molecule has 1 N–H and O–H groups in total. The predicted molar refractivity (Wildman–Crippen MR) is 102 cm³/mol. The van der Waals surface area contributed by atoms with Crippen LogP contribution in [0.2, 0.25) is 5.02 Å². The molecule has 25 heavy (non-hydrogen) atoms. The highest BCUT2D eigenvalue weighted by Gasteiger charge is 2.10. The SMILES string of the molecule is Cc1ccc(NC(=O)COc2ccccc2-c2ccccc2)c(Cl)c1. The number of aryl methyl sites for hydroxylation is 1. The maximum atomic E-state index is 12.2. The molecule has 3 rings (SSSR count). The quantitative estimate of drug-likeness (QED) is 0.674. The van der Waals surface area contributed by atoms with Crippen LogP contribution in [0.25, 0.3) is 11.1 Å². The molecule has 3 aromatic carbocycles. The van der Waals surface area contributed by atoms with Crippen molar-refractivity contribution < 1.29 is 9.53 Å². The summed E-state index contributed by atoms with van der Waals surface area (Å²) in [6.45, 7) is 1.86. The summed E-state index contributed by atoms with van der Waals surface area (Å²) in [5.41, 5.74) is 3.61. The van der Waals surface area contributed by atoms with E-state index in [0.717, 1.165) is 16.7 Å². The van der Waals surface area contributed by atoms with E-state index in [-0.39, 0.29) is 12.5 Å². The first kappa shape index (κ1) is 17.1. The van der Waals surface area contributed by atoms with Crippen LogP contribution in [0.4, 0.5) is 5.69 Å². The van der Waals surface area contributed by atoms with Crippen molar-refractivity contribution >= 4 is 23.2 Å². The van der Waals surface area contributed by atoms with Gasteiger partial charge in [0, 0.05) is 5.56 Å². The molecule has 0 saturated carbocycles. The van der Waals surface area contributed by atoms with E-state index in [1.54, 1.807) is 6.07 Å². The molecule has 0 unspecified atom stereocenters. The number of halogens is 1. The van der Waals surface area contributed by atoms with E-state index in [1.165, 1.54) is 0 Å². The van der Waals surface area contributed by atoms with E-state index in [1.807, 2.05) is 73.7 Å². The van der Waals surface area contributed by atoms with Crippen molar-refractivity contribution in [3.63, 3.8) is 0 Å². The summed E-state index contributed by atoms with van der Waals surface area (Å²) in [5.74, 6) is 0.410. The van der Waals surface area contributed by atoms with Gasteiger partial charge in [0.25, 0.3) is 5.91 Å². The number of para-hydroxylation sites is 1. The standard InChI is InChI=1S/C21H18ClNO2/c1-15-11-12-19(18(22)13-15)23-21(24)14-25-20-10-6-5-9-17(20)16-7-3-2-4-8-16/h2-13H,14H2,1H3,(H,23,24). The molecule has 0 aliphatic carbocycles. The Morgan fingerprint density at radius 3 is 2.48 bits per heavy atom. The van der Waals surface area contributed by atoms with Crippen LogP contribution in [0.1, 0.15) is 5.56 Å². The zero-order valence-corrected chi connectivity index (χ0v) is 14.6. The number of rotatable bonds is 5. The fraction of sp³-hybridized carbons (Fsp3) is 0.0952. The second-order valence-corrected chi connectivity index (χ2v) is 6.09. The topological polar surface area (TPSA) is 38.3 Å². The van der Waals surface area contributed by atoms with Crippen LogP contribution < -0.4 is 10.1 Å². The lowest BCUT2D eigenvalue weighted by molar-refractivity contribution is -0.118. The molecule has 0 spiro atoms. The van der Waals surface area contributed by atoms with Crippen molar-refractivity contribution in [2.45, 2.75) is 6.92 Å². The van der Waals surface area contributed by atoms with Crippen molar-refractivity contribution in [2.75, 3.05) is 11.9 Å². The van der Waals surface area contributed by atoms with Crippen LogP contribution in [-0.2, 0) is 4.79 Å². The second kappa shape index (κ2) is 7.86. The van der Waals surface area contributed by atoms with Gasteiger partial charge in [0.2, 0.25) is 0 Å². The molecule has 3 nitrogen and oxygen atoms in total. The van der Waals surface area contributed by atoms with Gasteiger partial charge in [-0.15, -0.1) is 0 Å². The van der Waals surface area contributed by atoms with Gasteiger partial charge in [-0.2, -0.15) is 0 Å². The molecule has 3 aromatic rings. The molecule has 0 heterocycles. The van der Waals surface area contributed by atoms with Crippen LogP contribution in [0.15, 0.2) is 72.8 Å². The van der Waals surface area contributed by atoms with Crippen molar-refractivity contribution in [1.82, 2.24) is 0 Å². The largest absolute Gasteiger partial charge is 0.483 e. The van der Waals surface area contributed by atoms with Gasteiger partial charge in [0.15, 0.2) is 6.61 Å². The molecule has 1 amide bonds. The van der Waals surface area contributed by atoms with Crippen LogP contribution in [0, 0.1) is 6.92 Å². The summed E-state index contributed by atoms with van der Waals surface area (Å²) in [4.78, 5) is 12.2. The lowest BCUT2D eigenvalue weighted by Crippen LogP contribution is -2.20. The lowest BCUT2D eigenvalue weighted by Gasteiger charge is -2.12. The maximum absolute atomic E-state index is 12.2. The summed E-state index contributed by atoms with van der Waals surface area (Å²) in [6, 6.07) is 23.1. The molecule has 0 bridgehead atoms. The van der Waals surface area contributed by atoms with E-state index in [4.69, 9.17) is 16.3 Å². The molecule has 0 atom stereocenters. The summed E-state index contributed by atoms with van der Waals surface area (Å²) < 4.78 is 5.73. The average Bonchev–Trinajstić information content (AvgIpc) is 2.63. The van der Waals surface area contributed by atoms with E-state index in [9.17, 15) is 4.79 Å². The average molecular weight is 352 g/mol. The Labute approximate surface area is 152 Å². The Bertz CT molecular complexity index is 878. The van der Waals surface area contributed by atoms with Crippen LogP contribution in [0.5, 0.6) is 5.75 Å². The Balaban J connectivity index is 1.69. The summed E-state index contributed by atoms with van der Waals surface area (Å²) in [7, 11) is 0. The maximum Gasteiger partial charge on any atom is 0.262 e. The van der Waals surface area contributed by atoms with Crippen LogP contribution in [-0.4, -0.2) is 12.5 Å². The summed E-state index contributed by atoms with van der Waals surface area (Å²) in [6.07, 6.45) is 0. The molecule has 0 aromatic heterocycles. The normalized spacial score (nSPS) is 10.3. The Kier molecular flexibility index (Phi) is 5.36. The predicted octanol–water partition coefficient (Wildman–Crippen LogP) is 5.33. The highest BCUT2D eigenvalue weighted by atomic mass is 35.5. The van der Waals surface area contributed by atoms with Gasteiger partial charge in [0.05, 0.1) is 10.7 Å². The third-order valence-electron chi connectivity index (χ3n) is 3.73. The first-order valence-electron chi connectivity index (χ1n) is 7.97. The van der Waals surface area contributed by atoms with E-state index in [2.05, 4.69) is 5.32 Å². The number of ether oxygens (including phenoxy) is 1. The summed E-state index contributed by atoms with van der Waals surface area (Å²) >= 11 is 6.14. The number of nitrogens with one attached hydrogen (secondary N) is 1. The van der Waals surface area contributed by atoms with E-state index >= 15 is 0 Å². The van der Waals surface area contributed by atoms with Gasteiger partial charge in [-0.1, -0.05) is 66.2 Å². The van der Waals surface area contributed by atoms with E-state index < -0.39 is 0 Å². The molecule has 0 saturated heterocycles. The van der Waals surface area contributed by atoms with Crippen LogP contribution in [0.3, 0.4) is 0 Å². The minimum Gasteiger partial charge on any atom is -0.483 e. The van der Waals surface area contributed by atoms with Crippen molar-refractivity contribution in [2.24, 2.45) is 0 Å². The fourth-order valence-electron chi connectivity index (χ4n) is 2.50. The molecule has 126 valence electrons. The number of carbonyl (C=O) groups is 1. The first-order valence-corrected chi connectivity index (χ1v) is 8.34. The number of hydrogen-bond acceptors (Lipinski definition) is 2. The second-order valence-electron chi connectivity index (χ2n) is 5.68. The number of anilines is 1. The number of hydrogen-bond donors (Lipinski definition) is 1. The van der Waals surface area contributed by atoms with Crippen molar-refractivity contribution in [1.29, 1.82) is 0 Å². The Hall–Kier alpha value is -2.78. The molecular formula is C21H18ClNO2.